The first-order valence-electron chi connectivity index (χ1n) is 10.7. The van der Waals surface area contributed by atoms with E-state index in [-0.39, 0.29) is 18.7 Å². The van der Waals surface area contributed by atoms with Crippen LogP contribution in [0.1, 0.15) is 54.6 Å². The highest BCUT2D eigenvalue weighted by molar-refractivity contribution is 5.95. The van der Waals surface area contributed by atoms with Gasteiger partial charge < -0.3 is 15.2 Å². The molecule has 0 spiro atoms. The molecule has 1 atom stereocenters. The highest BCUT2D eigenvalue weighted by Gasteiger charge is 2.21. The lowest BCUT2D eigenvalue weighted by molar-refractivity contribution is 0.0544. The van der Waals surface area contributed by atoms with E-state index in [1.54, 1.807) is 10.8 Å². The zero-order chi connectivity index (χ0) is 22.2. The van der Waals surface area contributed by atoms with E-state index in [0.29, 0.717) is 0 Å². The van der Waals surface area contributed by atoms with Gasteiger partial charge >= 0.3 is 6.09 Å². The molecule has 162 valence electrons. The van der Waals surface area contributed by atoms with Crippen LogP contribution in [0.2, 0.25) is 0 Å². The van der Waals surface area contributed by atoms with Crippen LogP contribution in [0, 0.1) is 6.92 Å². The van der Waals surface area contributed by atoms with Crippen molar-refractivity contribution >= 4 is 23.1 Å². The number of benzene rings is 2. The van der Waals surface area contributed by atoms with Gasteiger partial charge in [-0.15, -0.1) is 0 Å². The van der Waals surface area contributed by atoms with Crippen LogP contribution in [-0.4, -0.2) is 27.9 Å². The summed E-state index contributed by atoms with van der Waals surface area (Å²) in [6, 6.07) is 12.3. The molecule has 0 bridgehead atoms. The highest BCUT2D eigenvalue weighted by atomic mass is 16.6. The zero-order valence-corrected chi connectivity index (χ0v) is 18.6. The average molecular weight is 419 g/mol. The predicted octanol–water partition coefficient (Wildman–Crippen LogP) is 5.13. The molecular formula is C26H30N2O3. The Kier molecular flexibility index (Phi) is 5.73. The van der Waals surface area contributed by atoms with Gasteiger partial charge in [0.25, 0.3) is 0 Å². The molecule has 1 aliphatic heterocycles. The Balaban J connectivity index is 1.70. The third-order valence-electron chi connectivity index (χ3n) is 5.66. The zero-order valence-electron chi connectivity index (χ0n) is 18.6. The summed E-state index contributed by atoms with van der Waals surface area (Å²) in [5.41, 5.74) is 5.84. The lowest BCUT2D eigenvalue weighted by Gasteiger charge is -2.26. The fraction of sp³-hybridized carbons (Fsp3) is 0.346. The number of aromatic nitrogens is 1. The number of aryl methyl sites for hydroxylation is 1. The molecule has 2 aromatic carbocycles. The fourth-order valence-corrected chi connectivity index (χ4v) is 4.17. The normalized spacial score (nSPS) is 16.6. The minimum Gasteiger partial charge on any atom is -0.443 e. The summed E-state index contributed by atoms with van der Waals surface area (Å²) in [6.45, 7) is 8.59. The summed E-state index contributed by atoms with van der Waals surface area (Å²) in [4.78, 5) is 12.7. The van der Waals surface area contributed by atoms with E-state index in [1.165, 1.54) is 11.1 Å². The Morgan fingerprint density at radius 2 is 2.10 bits per heavy atom. The second kappa shape index (κ2) is 8.33. The van der Waals surface area contributed by atoms with Gasteiger partial charge in [-0.05, 0) is 68.0 Å². The number of aliphatic hydroxyl groups is 1. The SMILES string of the molecule is Cc1cc2c(cc1CO)C(/C=C/c1cccc3ccn(C(=O)OC(C)(C)C)c13)NCC2. The molecule has 4 rings (SSSR count). The Labute approximate surface area is 183 Å². The van der Waals surface area contributed by atoms with E-state index in [4.69, 9.17) is 4.74 Å². The van der Waals surface area contributed by atoms with Crippen molar-refractivity contribution in [3.8, 4) is 0 Å². The number of nitrogens with one attached hydrogen (secondary N) is 1. The monoisotopic (exact) mass is 418 g/mol. The topological polar surface area (TPSA) is 63.5 Å². The number of carbonyl (C=O) groups excluding carboxylic acids is 1. The second-order valence-electron chi connectivity index (χ2n) is 9.13. The van der Waals surface area contributed by atoms with Gasteiger partial charge in [-0.25, -0.2) is 4.79 Å². The fourth-order valence-electron chi connectivity index (χ4n) is 4.17. The molecule has 31 heavy (non-hydrogen) atoms. The first kappa shape index (κ1) is 21.3. The third-order valence-corrected chi connectivity index (χ3v) is 5.66. The van der Waals surface area contributed by atoms with Gasteiger partial charge in [0.1, 0.15) is 5.60 Å². The largest absolute Gasteiger partial charge is 0.443 e. The summed E-state index contributed by atoms with van der Waals surface area (Å²) >= 11 is 0. The van der Waals surface area contributed by atoms with Crippen molar-refractivity contribution in [2.75, 3.05) is 6.54 Å². The number of ether oxygens (including phenoxy) is 1. The lowest BCUT2D eigenvalue weighted by atomic mass is 9.90. The van der Waals surface area contributed by atoms with Crippen LogP contribution in [-0.2, 0) is 17.8 Å². The predicted molar refractivity (Wildman–Crippen MR) is 124 cm³/mol. The van der Waals surface area contributed by atoms with Crippen LogP contribution in [0.25, 0.3) is 17.0 Å². The summed E-state index contributed by atoms with van der Waals surface area (Å²) < 4.78 is 7.17. The summed E-state index contributed by atoms with van der Waals surface area (Å²) in [5, 5.41) is 14.2. The maximum absolute atomic E-state index is 12.7. The Hall–Kier alpha value is -2.89. The van der Waals surface area contributed by atoms with Crippen molar-refractivity contribution in [1.82, 2.24) is 9.88 Å². The van der Waals surface area contributed by atoms with Gasteiger partial charge in [0.15, 0.2) is 0 Å². The molecule has 3 aromatic rings. The Bertz CT molecular complexity index is 1150. The molecule has 5 heteroatoms. The van der Waals surface area contributed by atoms with Crippen molar-refractivity contribution in [3.05, 3.63) is 76.5 Å². The van der Waals surface area contributed by atoms with Crippen molar-refractivity contribution in [2.24, 2.45) is 0 Å². The number of hydrogen-bond acceptors (Lipinski definition) is 4. The van der Waals surface area contributed by atoms with Crippen LogP contribution in [0.5, 0.6) is 0 Å². The van der Waals surface area contributed by atoms with E-state index in [2.05, 4.69) is 29.6 Å². The van der Waals surface area contributed by atoms with Crippen molar-refractivity contribution < 1.29 is 14.6 Å². The molecule has 1 unspecified atom stereocenters. The van der Waals surface area contributed by atoms with Crippen LogP contribution in [0.3, 0.4) is 0 Å². The molecule has 0 aliphatic carbocycles. The summed E-state index contributed by atoms with van der Waals surface area (Å²) in [5.74, 6) is 0. The van der Waals surface area contributed by atoms with Gasteiger partial charge in [0, 0.05) is 18.1 Å². The Morgan fingerprint density at radius 1 is 1.29 bits per heavy atom. The van der Waals surface area contributed by atoms with Gasteiger partial charge in [0.2, 0.25) is 0 Å². The quantitative estimate of drug-likeness (QED) is 0.619. The maximum Gasteiger partial charge on any atom is 0.419 e. The summed E-state index contributed by atoms with van der Waals surface area (Å²) in [6.07, 6.45) is 6.56. The van der Waals surface area contributed by atoms with E-state index < -0.39 is 5.60 Å². The van der Waals surface area contributed by atoms with Crippen LogP contribution in [0.4, 0.5) is 4.79 Å². The standard InChI is InChI=1S/C26H30N2O3/c1-17-14-20-10-12-27-23(22(20)15-21(17)16-29)9-8-18-6-5-7-19-11-13-28(24(18)19)25(30)31-26(2,3)4/h5-9,11,13-15,23,27,29H,10,12,16H2,1-4H3/b9-8+. The molecule has 1 aliphatic rings. The van der Waals surface area contributed by atoms with Gasteiger partial charge in [0.05, 0.1) is 18.2 Å². The minimum absolute atomic E-state index is 0.0399. The van der Waals surface area contributed by atoms with Crippen LogP contribution < -0.4 is 5.32 Å². The van der Waals surface area contributed by atoms with Crippen LogP contribution >= 0.6 is 0 Å². The number of hydrogen-bond donors (Lipinski definition) is 2. The molecule has 0 saturated carbocycles. The minimum atomic E-state index is -0.559. The van der Waals surface area contributed by atoms with Crippen molar-refractivity contribution in [2.45, 2.75) is 52.4 Å². The average Bonchev–Trinajstić information content (AvgIpc) is 3.15. The van der Waals surface area contributed by atoms with Gasteiger partial charge in [-0.2, -0.15) is 0 Å². The molecule has 2 N–H and O–H groups in total. The van der Waals surface area contributed by atoms with E-state index >= 15 is 0 Å². The van der Waals surface area contributed by atoms with Gasteiger partial charge in [-0.3, -0.25) is 4.57 Å². The number of fused-ring (bicyclic) bond motifs is 2. The molecule has 1 aromatic heterocycles. The number of para-hydroxylation sites is 1. The molecule has 0 saturated heterocycles. The first-order valence-corrected chi connectivity index (χ1v) is 10.7. The molecule has 0 radical (unpaired) electrons. The molecule has 2 heterocycles. The molecule has 5 nitrogen and oxygen atoms in total. The summed E-state index contributed by atoms with van der Waals surface area (Å²) in [7, 11) is 0. The van der Waals surface area contributed by atoms with Crippen molar-refractivity contribution in [1.29, 1.82) is 0 Å². The highest BCUT2D eigenvalue weighted by Crippen LogP contribution is 2.29. The van der Waals surface area contributed by atoms with E-state index in [1.807, 2.05) is 52.0 Å². The Morgan fingerprint density at radius 3 is 2.84 bits per heavy atom. The third kappa shape index (κ3) is 4.43. The number of aliphatic hydroxyl groups excluding tert-OH is 1. The van der Waals surface area contributed by atoms with Gasteiger partial charge in [-0.1, -0.05) is 42.5 Å². The lowest BCUT2D eigenvalue weighted by Crippen LogP contribution is -2.29. The molecule has 0 amide bonds. The van der Waals surface area contributed by atoms with Crippen molar-refractivity contribution in [3.63, 3.8) is 0 Å². The first-order chi connectivity index (χ1) is 14.8. The number of nitrogens with zero attached hydrogens (tertiary/aromatic N) is 1. The smallest absolute Gasteiger partial charge is 0.419 e. The van der Waals surface area contributed by atoms with E-state index in [0.717, 1.165) is 40.6 Å². The van der Waals surface area contributed by atoms with E-state index in [9.17, 15) is 9.90 Å². The second-order valence-corrected chi connectivity index (χ2v) is 9.13. The maximum atomic E-state index is 12.7. The molecule has 0 fully saturated rings. The van der Waals surface area contributed by atoms with Crippen LogP contribution in [0.15, 0.2) is 48.7 Å². The molecular weight excluding hydrogens is 388 g/mol. The number of carbonyl (C=O) groups is 1. The number of rotatable bonds is 3.